The van der Waals surface area contributed by atoms with Gasteiger partial charge in [-0.15, -0.1) is 0 Å². The maximum atomic E-state index is 12.7. The maximum absolute atomic E-state index is 12.7. The Morgan fingerprint density at radius 2 is 1.86 bits per heavy atom. The molecule has 8 heteroatoms. The minimum absolute atomic E-state index is 0.336. The SMILES string of the molecule is FC(F)(F)c1ccc(N2CCC(NCc3cccc4c3OCCCO4)CC2)nc1. The number of para-hydroxylation sites is 1. The molecule has 2 aliphatic heterocycles. The highest BCUT2D eigenvalue weighted by molar-refractivity contribution is 5.47. The van der Waals surface area contributed by atoms with Crippen molar-refractivity contribution in [3.63, 3.8) is 0 Å². The Morgan fingerprint density at radius 3 is 2.59 bits per heavy atom. The molecule has 0 atom stereocenters. The molecule has 156 valence electrons. The lowest BCUT2D eigenvalue weighted by atomic mass is 10.0. The van der Waals surface area contributed by atoms with Crippen LogP contribution in [-0.4, -0.2) is 37.3 Å². The van der Waals surface area contributed by atoms with Crippen molar-refractivity contribution in [1.82, 2.24) is 10.3 Å². The summed E-state index contributed by atoms with van der Waals surface area (Å²) in [6.07, 6.45) is -0.780. The first-order chi connectivity index (χ1) is 14.0. The summed E-state index contributed by atoms with van der Waals surface area (Å²) in [5.74, 6) is 2.21. The highest BCUT2D eigenvalue weighted by atomic mass is 19.4. The molecule has 0 bridgehead atoms. The Balaban J connectivity index is 1.31. The summed E-state index contributed by atoms with van der Waals surface area (Å²) in [7, 11) is 0. The third-order valence-electron chi connectivity index (χ3n) is 5.33. The van der Waals surface area contributed by atoms with E-state index >= 15 is 0 Å². The number of alkyl halides is 3. The van der Waals surface area contributed by atoms with E-state index in [2.05, 4.69) is 10.3 Å². The van der Waals surface area contributed by atoms with Gasteiger partial charge in [0, 0.05) is 43.9 Å². The van der Waals surface area contributed by atoms with Gasteiger partial charge in [0.2, 0.25) is 0 Å². The molecule has 1 fully saturated rings. The van der Waals surface area contributed by atoms with E-state index in [0.717, 1.165) is 61.7 Å². The largest absolute Gasteiger partial charge is 0.490 e. The van der Waals surface area contributed by atoms with Crippen molar-refractivity contribution >= 4 is 5.82 Å². The van der Waals surface area contributed by atoms with Crippen molar-refractivity contribution in [3.05, 3.63) is 47.7 Å². The van der Waals surface area contributed by atoms with Crippen LogP contribution in [0.3, 0.4) is 0 Å². The first kappa shape index (κ1) is 19.8. The van der Waals surface area contributed by atoms with Crippen LogP contribution in [0.5, 0.6) is 11.5 Å². The highest BCUT2D eigenvalue weighted by Crippen LogP contribution is 2.33. The zero-order chi connectivity index (χ0) is 20.3. The smallest absolute Gasteiger partial charge is 0.417 e. The van der Waals surface area contributed by atoms with Gasteiger partial charge in [-0.3, -0.25) is 0 Å². The minimum Gasteiger partial charge on any atom is -0.490 e. The second-order valence-electron chi connectivity index (χ2n) is 7.34. The molecule has 5 nitrogen and oxygen atoms in total. The second-order valence-corrected chi connectivity index (χ2v) is 7.34. The number of hydrogen-bond acceptors (Lipinski definition) is 5. The predicted molar refractivity (Wildman–Crippen MR) is 103 cm³/mol. The van der Waals surface area contributed by atoms with E-state index in [-0.39, 0.29) is 0 Å². The molecule has 0 aliphatic carbocycles. The Hall–Kier alpha value is -2.48. The molecule has 0 radical (unpaired) electrons. The average Bonchev–Trinajstić information content (AvgIpc) is 2.98. The summed E-state index contributed by atoms with van der Waals surface area (Å²) in [6.45, 7) is 3.52. The molecule has 0 unspecified atom stereocenters. The molecule has 0 saturated carbocycles. The van der Waals surface area contributed by atoms with E-state index in [1.54, 1.807) is 0 Å². The monoisotopic (exact) mass is 407 g/mol. The molecular formula is C21H24F3N3O2. The molecule has 0 amide bonds. The van der Waals surface area contributed by atoms with Crippen LogP contribution in [0.4, 0.5) is 19.0 Å². The van der Waals surface area contributed by atoms with Crippen LogP contribution in [0.15, 0.2) is 36.5 Å². The summed E-state index contributed by atoms with van der Waals surface area (Å²) in [5, 5.41) is 3.58. The standard InChI is InChI=1S/C21H24F3N3O2/c22-21(23,24)16-5-6-19(26-14-16)27-9-7-17(8-10-27)25-13-15-3-1-4-18-20(15)29-12-2-11-28-18/h1,3-6,14,17,25H,2,7-13H2. The fourth-order valence-electron chi connectivity index (χ4n) is 3.70. The lowest BCUT2D eigenvalue weighted by Gasteiger charge is -2.33. The van der Waals surface area contributed by atoms with Crippen LogP contribution in [0.1, 0.15) is 30.4 Å². The third kappa shape index (κ3) is 4.75. The summed E-state index contributed by atoms with van der Waals surface area (Å²) < 4.78 is 49.7. The number of pyridine rings is 1. The highest BCUT2D eigenvalue weighted by Gasteiger charge is 2.31. The zero-order valence-electron chi connectivity index (χ0n) is 16.0. The predicted octanol–water partition coefficient (Wildman–Crippen LogP) is 4.02. The van der Waals surface area contributed by atoms with Gasteiger partial charge in [0.25, 0.3) is 0 Å². The molecule has 1 saturated heterocycles. The van der Waals surface area contributed by atoms with Gasteiger partial charge < -0.3 is 19.7 Å². The summed E-state index contributed by atoms with van der Waals surface area (Å²) in [5.41, 5.74) is 0.363. The quantitative estimate of drug-likeness (QED) is 0.830. The van der Waals surface area contributed by atoms with Gasteiger partial charge in [-0.2, -0.15) is 13.2 Å². The van der Waals surface area contributed by atoms with Crippen molar-refractivity contribution in [2.45, 2.75) is 38.0 Å². The number of ether oxygens (including phenoxy) is 2. The fraction of sp³-hybridized carbons (Fsp3) is 0.476. The van der Waals surface area contributed by atoms with Gasteiger partial charge in [-0.05, 0) is 31.0 Å². The van der Waals surface area contributed by atoms with Gasteiger partial charge in [-0.25, -0.2) is 4.98 Å². The molecule has 1 aromatic heterocycles. The van der Waals surface area contributed by atoms with Crippen molar-refractivity contribution in [1.29, 1.82) is 0 Å². The van der Waals surface area contributed by atoms with Gasteiger partial charge in [-0.1, -0.05) is 12.1 Å². The topological polar surface area (TPSA) is 46.6 Å². The van der Waals surface area contributed by atoms with Gasteiger partial charge >= 0.3 is 6.18 Å². The van der Waals surface area contributed by atoms with Gasteiger partial charge in [0.15, 0.2) is 11.5 Å². The molecule has 2 aromatic rings. The molecule has 1 aromatic carbocycles. The van der Waals surface area contributed by atoms with E-state index in [1.807, 2.05) is 23.1 Å². The van der Waals surface area contributed by atoms with Crippen LogP contribution in [0.2, 0.25) is 0 Å². The number of piperidine rings is 1. The lowest BCUT2D eigenvalue weighted by Crippen LogP contribution is -2.42. The van der Waals surface area contributed by atoms with Gasteiger partial charge in [0.05, 0.1) is 18.8 Å². The molecule has 2 aliphatic rings. The van der Waals surface area contributed by atoms with Crippen molar-refractivity contribution in [3.8, 4) is 11.5 Å². The molecule has 1 N–H and O–H groups in total. The Morgan fingerprint density at radius 1 is 1.07 bits per heavy atom. The minimum atomic E-state index is -4.35. The number of hydrogen-bond donors (Lipinski definition) is 1. The number of nitrogens with one attached hydrogen (secondary N) is 1. The van der Waals surface area contributed by atoms with E-state index in [1.165, 1.54) is 6.07 Å². The molecule has 29 heavy (non-hydrogen) atoms. The maximum Gasteiger partial charge on any atom is 0.417 e. The van der Waals surface area contributed by atoms with Crippen molar-refractivity contribution < 1.29 is 22.6 Å². The number of nitrogens with zero attached hydrogens (tertiary/aromatic N) is 2. The number of aromatic nitrogens is 1. The molecule has 4 rings (SSSR count). The first-order valence-corrected chi connectivity index (χ1v) is 9.90. The van der Waals surface area contributed by atoms with Crippen LogP contribution < -0.4 is 19.7 Å². The lowest BCUT2D eigenvalue weighted by molar-refractivity contribution is -0.137. The third-order valence-corrected chi connectivity index (χ3v) is 5.33. The first-order valence-electron chi connectivity index (χ1n) is 9.90. The Labute approximate surface area is 167 Å². The normalized spacial score (nSPS) is 17.8. The van der Waals surface area contributed by atoms with Gasteiger partial charge in [0.1, 0.15) is 5.82 Å². The van der Waals surface area contributed by atoms with E-state index in [9.17, 15) is 13.2 Å². The van der Waals surface area contributed by atoms with Crippen LogP contribution in [0, 0.1) is 0 Å². The number of fused-ring (bicyclic) bond motifs is 1. The fourth-order valence-corrected chi connectivity index (χ4v) is 3.70. The van der Waals surface area contributed by atoms with Crippen LogP contribution in [-0.2, 0) is 12.7 Å². The van der Waals surface area contributed by atoms with Crippen LogP contribution in [0.25, 0.3) is 0 Å². The summed E-state index contributed by atoms with van der Waals surface area (Å²) >= 11 is 0. The van der Waals surface area contributed by atoms with Crippen molar-refractivity contribution in [2.75, 3.05) is 31.2 Å². The number of benzene rings is 1. The van der Waals surface area contributed by atoms with Crippen molar-refractivity contribution in [2.24, 2.45) is 0 Å². The summed E-state index contributed by atoms with van der Waals surface area (Å²) in [6, 6.07) is 8.83. The number of halogens is 3. The summed E-state index contributed by atoms with van der Waals surface area (Å²) in [4.78, 5) is 6.03. The van der Waals surface area contributed by atoms with Crippen LogP contribution >= 0.6 is 0 Å². The van der Waals surface area contributed by atoms with E-state index in [0.29, 0.717) is 31.6 Å². The molecule has 0 spiro atoms. The average molecular weight is 407 g/mol. The zero-order valence-corrected chi connectivity index (χ0v) is 16.0. The molecular weight excluding hydrogens is 383 g/mol. The number of anilines is 1. The molecule has 3 heterocycles. The Bertz CT molecular complexity index is 819. The Kier molecular flexibility index (Phi) is 5.80. The number of rotatable bonds is 4. The second kappa shape index (κ2) is 8.49. The van der Waals surface area contributed by atoms with E-state index in [4.69, 9.17) is 9.47 Å². The van der Waals surface area contributed by atoms with E-state index < -0.39 is 11.7 Å².